The van der Waals surface area contributed by atoms with Gasteiger partial charge in [-0.3, -0.25) is 0 Å². The summed E-state index contributed by atoms with van der Waals surface area (Å²) in [4.78, 5) is 0. The minimum Gasteiger partial charge on any atom is -0.493 e. The molecule has 1 aromatic rings. The van der Waals surface area contributed by atoms with E-state index in [0.29, 0.717) is 5.92 Å². The summed E-state index contributed by atoms with van der Waals surface area (Å²) in [6.45, 7) is 13.8. The van der Waals surface area contributed by atoms with Crippen LogP contribution in [0.4, 0.5) is 0 Å². The molecule has 114 valence electrons. The molecule has 1 N–H and O–H groups in total. The van der Waals surface area contributed by atoms with Crippen molar-refractivity contribution < 1.29 is 4.74 Å². The molecule has 0 radical (unpaired) electrons. The van der Waals surface area contributed by atoms with Crippen LogP contribution in [-0.4, -0.2) is 13.2 Å². The van der Waals surface area contributed by atoms with E-state index in [1.165, 1.54) is 29.5 Å². The Kier molecular flexibility index (Phi) is 7.68. The Morgan fingerprint density at radius 3 is 2.30 bits per heavy atom. The molecule has 0 saturated heterocycles. The molecule has 0 unspecified atom stereocenters. The molecule has 2 heteroatoms. The van der Waals surface area contributed by atoms with E-state index in [4.69, 9.17) is 4.74 Å². The van der Waals surface area contributed by atoms with E-state index in [1.54, 1.807) is 0 Å². The van der Waals surface area contributed by atoms with Gasteiger partial charge in [0, 0.05) is 6.54 Å². The van der Waals surface area contributed by atoms with E-state index >= 15 is 0 Å². The van der Waals surface area contributed by atoms with E-state index in [2.05, 4.69) is 52.1 Å². The Bertz CT molecular complexity index is 375. The molecule has 1 rings (SSSR count). The number of benzene rings is 1. The van der Waals surface area contributed by atoms with Crippen molar-refractivity contribution in [2.75, 3.05) is 13.2 Å². The molecule has 0 fully saturated rings. The van der Waals surface area contributed by atoms with Crippen molar-refractivity contribution in [3.63, 3.8) is 0 Å². The summed E-state index contributed by atoms with van der Waals surface area (Å²) in [5, 5.41) is 3.49. The smallest absolute Gasteiger partial charge is 0.125 e. The first-order valence-electron chi connectivity index (χ1n) is 7.98. The predicted molar refractivity (Wildman–Crippen MR) is 87.5 cm³/mol. The Balaban J connectivity index is 2.56. The Labute approximate surface area is 124 Å². The van der Waals surface area contributed by atoms with Crippen LogP contribution in [0.5, 0.6) is 5.75 Å². The van der Waals surface area contributed by atoms with Crippen molar-refractivity contribution in [1.29, 1.82) is 0 Å². The van der Waals surface area contributed by atoms with Crippen LogP contribution in [0.3, 0.4) is 0 Å². The molecule has 0 spiro atoms. The summed E-state index contributed by atoms with van der Waals surface area (Å²) >= 11 is 0. The first kappa shape index (κ1) is 17.0. The maximum atomic E-state index is 5.95. The Morgan fingerprint density at radius 1 is 1.10 bits per heavy atom. The van der Waals surface area contributed by atoms with Crippen molar-refractivity contribution in [3.8, 4) is 5.75 Å². The van der Waals surface area contributed by atoms with Gasteiger partial charge in [-0.15, -0.1) is 0 Å². The highest BCUT2D eigenvalue weighted by atomic mass is 16.5. The number of hydrogen-bond acceptors (Lipinski definition) is 2. The SMILES string of the molecule is CCCCCOc1c(C)cc(CNCC(C)C)cc1C. The van der Waals surface area contributed by atoms with Crippen LogP contribution in [0.1, 0.15) is 56.7 Å². The molecule has 0 heterocycles. The fourth-order valence-corrected chi connectivity index (χ4v) is 2.40. The summed E-state index contributed by atoms with van der Waals surface area (Å²) in [5.41, 5.74) is 3.85. The van der Waals surface area contributed by atoms with Crippen molar-refractivity contribution in [2.24, 2.45) is 5.92 Å². The highest BCUT2D eigenvalue weighted by molar-refractivity contribution is 5.43. The summed E-state index contributed by atoms with van der Waals surface area (Å²) in [6, 6.07) is 4.49. The number of ether oxygens (including phenoxy) is 1. The maximum absolute atomic E-state index is 5.95. The highest BCUT2D eigenvalue weighted by Gasteiger charge is 2.06. The maximum Gasteiger partial charge on any atom is 0.125 e. The molecule has 0 aliphatic carbocycles. The topological polar surface area (TPSA) is 21.3 Å². The molecule has 0 aliphatic heterocycles. The molecule has 0 bridgehead atoms. The number of nitrogens with one attached hydrogen (secondary N) is 1. The minimum absolute atomic E-state index is 0.693. The normalized spacial score (nSPS) is 11.1. The molecule has 0 atom stereocenters. The van der Waals surface area contributed by atoms with E-state index in [-0.39, 0.29) is 0 Å². The van der Waals surface area contributed by atoms with Gasteiger partial charge < -0.3 is 10.1 Å². The van der Waals surface area contributed by atoms with Gasteiger partial charge in [-0.05, 0) is 49.4 Å². The summed E-state index contributed by atoms with van der Waals surface area (Å²) in [7, 11) is 0. The van der Waals surface area contributed by atoms with Crippen LogP contribution in [0.25, 0.3) is 0 Å². The van der Waals surface area contributed by atoms with Gasteiger partial charge in [0.1, 0.15) is 5.75 Å². The molecule has 20 heavy (non-hydrogen) atoms. The first-order chi connectivity index (χ1) is 9.54. The summed E-state index contributed by atoms with van der Waals surface area (Å²) in [5.74, 6) is 1.77. The fourth-order valence-electron chi connectivity index (χ4n) is 2.40. The Hall–Kier alpha value is -1.02. The van der Waals surface area contributed by atoms with E-state index in [0.717, 1.165) is 31.9 Å². The van der Waals surface area contributed by atoms with Crippen molar-refractivity contribution in [2.45, 2.75) is 60.4 Å². The number of hydrogen-bond donors (Lipinski definition) is 1. The van der Waals surface area contributed by atoms with Gasteiger partial charge in [0.2, 0.25) is 0 Å². The van der Waals surface area contributed by atoms with Crippen LogP contribution in [0.2, 0.25) is 0 Å². The van der Waals surface area contributed by atoms with Crippen LogP contribution in [0.15, 0.2) is 12.1 Å². The largest absolute Gasteiger partial charge is 0.493 e. The lowest BCUT2D eigenvalue weighted by Crippen LogP contribution is -2.19. The lowest BCUT2D eigenvalue weighted by molar-refractivity contribution is 0.302. The molecular formula is C18H31NO. The van der Waals surface area contributed by atoms with Crippen molar-refractivity contribution in [3.05, 3.63) is 28.8 Å². The molecule has 0 amide bonds. The number of rotatable bonds is 9. The van der Waals surface area contributed by atoms with E-state index < -0.39 is 0 Å². The fraction of sp³-hybridized carbons (Fsp3) is 0.667. The third-order valence-corrected chi connectivity index (χ3v) is 3.40. The van der Waals surface area contributed by atoms with Gasteiger partial charge in [0.15, 0.2) is 0 Å². The zero-order valence-electron chi connectivity index (χ0n) is 13.9. The minimum atomic E-state index is 0.693. The third kappa shape index (κ3) is 5.96. The average Bonchev–Trinajstić information content (AvgIpc) is 2.36. The van der Waals surface area contributed by atoms with Gasteiger partial charge in [-0.1, -0.05) is 45.7 Å². The van der Waals surface area contributed by atoms with Crippen LogP contribution in [0, 0.1) is 19.8 Å². The second-order valence-corrected chi connectivity index (χ2v) is 6.14. The van der Waals surface area contributed by atoms with Gasteiger partial charge >= 0.3 is 0 Å². The molecule has 0 aromatic heterocycles. The van der Waals surface area contributed by atoms with Gasteiger partial charge in [-0.25, -0.2) is 0 Å². The van der Waals surface area contributed by atoms with Crippen LogP contribution < -0.4 is 10.1 Å². The van der Waals surface area contributed by atoms with Gasteiger partial charge in [-0.2, -0.15) is 0 Å². The summed E-state index contributed by atoms with van der Waals surface area (Å²) < 4.78 is 5.95. The predicted octanol–water partition coefficient (Wildman–Crippen LogP) is 4.62. The molecule has 1 aromatic carbocycles. The monoisotopic (exact) mass is 277 g/mol. The van der Waals surface area contributed by atoms with Crippen molar-refractivity contribution in [1.82, 2.24) is 5.32 Å². The molecule has 0 saturated carbocycles. The lowest BCUT2D eigenvalue weighted by atomic mass is 10.1. The first-order valence-corrected chi connectivity index (χ1v) is 7.98. The van der Waals surface area contributed by atoms with E-state index in [9.17, 15) is 0 Å². The standard InChI is InChI=1S/C18H31NO/c1-6-7-8-9-20-18-15(4)10-17(11-16(18)5)13-19-12-14(2)3/h10-11,14,19H,6-9,12-13H2,1-5H3. The molecule has 0 aliphatic rings. The van der Waals surface area contributed by atoms with Crippen LogP contribution >= 0.6 is 0 Å². The molecule has 2 nitrogen and oxygen atoms in total. The second-order valence-electron chi connectivity index (χ2n) is 6.14. The second kappa shape index (κ2) is 9.02. The zero-order chi connectivity index (χ0) is 15.0. The van der Waals surface area contributed by atoms with Crippen molar-refractivity contribution >= 4 is 0 Å². The lowest BCUT2D eigenvalue weighted by Gasteiger charge is -2.15. The Morgan fingerprint density at radius 2 is 1.75 bits per heavy atom. The number of aryl methyl sites for hydroxylation is 2. The van der Waals surface area contributed by atoms with Crippen LogP contribution in [-0.2, 0) is 6.54 Å². The highest BCUT2D eigenvalue weighted by Crippen LogP contribution is 2.25. The van der Waals surface area contributed by atoms with E-state index in [1.807, 2.05) is 0 Å². The van der Waals surface area contributed by atoms with Gasteiger partial charge in [0.05, 0.1) is 6.61 Å². The zero-order valence-corrected chi connectivity index (χ0v) is 13.9. The molecular weight excluding hydrogens is 246 g/mol. The summed E-state index contributed by atoms with van der Waals surface area (Å²) in [6.07, 6.45) is 3.63. The number of unbranched alkanes of at least 4 members (excludes halogenated alkanes) is 2. The quantitative estimate of drug-likeness (QED) is 0.665. The average molecular weight is 277 g/mol. The third-order valence-electron chi connectivity index (χ3n) is 3.40. The van der Waals surface area contributed by atoms with Gasteiger partial charge in [0.25, 0.3) is 0 Å².